The normalized spacial score (nSPS) is 24.9. The fourth-order valence-corrected chi connectivity index (χ4v) is 5.61. The Labute approximate surface area is 160 Å². The topological polar surface area (TPSA) is 49.7 Å². The first-order chi connectivity index (χ1) is 13.1. The van der Waals surface area contributed by atoms with Crippen LogP contribution in [0, 0.1) is 18.3 Å². The molecule has 0 amide bonds. The second-order valence-corrected chi connectivity index (χ2v) is 8.99. The van der Waals surface area contributed by atoms with Crippen LogP contribution in [0.2, 0.25) is 0 Å². The predicted octanol–water partition coefficient (Wildman–Crippen LogP) is 3.16. The van der Waals surface area contributed by atoms with Gasteiger partial charge in [-0.15, -0.1) is 6.42 Å². The molecular weight excluding hydrogens is 356 g/mol. The molecule has 1 saturated heterocycles. The van der Waals surface area contributed by atoms with Crippen LogP contribution in [-0.4, -0.2) is 37.2 Å². The van der Waals surface area contributed by atoms with Crippen molar-refractivity contribution >= 4 is 21.6 Å². The standard InChI is InChI=1S/C22H20N2O2S/c1-2-13-24-22(18-11-7-4-8-12-18)20-16-27(25,26)15-19(21(20)23-24)14-17-9-5-3-6-10-17/h1,3-12,14,20,22H,13,15-16H2/b19-14+. The molecule has 136 valence electrons. The van der Waals surface area contributed by atoms with Gasteiger partial charge in [-0.05, 0) is 22.8 Å². The first-order valence-electron chi connectivity index (χ1n) is 8.87. The van der Waals surface area contributed by atoms with E-state index in [1.54, 1.807) is 0 Å². The lowest BCUT2D eigenvalue weighted by atomic mass is 9.87. The van der Waals surface area contributed by atoms with E-state index < -0.39 is 9.84 Å². The second kappa shape index (κ2) is 7.05. The van der Waals surface area contributed by atoms with E-state index in [4.69, 9.17) is 11.5 Å². The zero-order valence-electron chi connectivity index (χ0n) is 14.8. The molecule has 27 heavy (non-hydrogen) atoms. The Morgan fingerprint density at radius 2 is 1.78 bits per heavy atom. The molecule has 1 fully saturated rings. The van der Waals surface area contributed by atoms with Crippen LogP contribution in [0.25, 0.3) is 6.08 Å². The molecule has 2 unspecified atom stereocenters. The van der Waals surface area contributed by atoms with Gasteiger partial charge in [0.1, 0.15) is 0 Å². The van der Waals surface area contributed by atoms with Gasteiger partial charge in [-0.3, -0.25) is 5.01 Å². The maximum Gasteiger partial charge on any atom is 0.155 e. The average Bonchev–Trinajstić information content (AvgIpc) is 3.00. The van der Waals surface area contributed by atoms with E-state index in [1.807, 2.05) is 71.7 Å². The predicted molar refractivity (Wildman–Crippen MR) is 109 cm³/mol. The van der Waals surface area contributed by atoms with Crippen LogP contribution in [-0.2, 0) is 9.84 Å². The van der Waals surface area contributed by atoms with Crippen LogP contribution >= 0.6 is 0 Å². The summed E-state index contributed by atoms with van der Waals surface area (Å²) in [4.78, 5) is 0. The molecule has 0 bridgehead atoms. The van der Waals surface area contributed by atoms with Crippen molar-refractivity contribution in [2.45, 2.75) is 6.04 Å². The van der Waals surface area contributed by atoms with Crippen molar-refractivity contribution in [3.05, 3.63) is 77.4 Å². The van der Waals surface area contributed by atoms with Gasteiger partial charge >= 0.3 is 0 Å². The summed E-state index contributed by atoms with van der Waals surface area (Å²) in [6.45, 7) is 0.345. The third kappa shape index (κ3) is 3.54. The Morgan fingerprint density at radius 1 is 1.11 bits per heavy atom. The Kier molecular flexibility index (Phi) is 4.59. The van der Waals surface area contributed by atoms with Crippen LogP contribution in [0.1, 0.15) is 17.2 Å². The molecule has 0 N–H and O–H groups in total. The minimum Gasteiger partial charge on any atom is -0.277 e. The van der Waals surface area contributed by atoms with Gasteiger partial charge in [-0.25, -0.2) is 8.42 Å². The van der Waals surface area contributed by atoms with E-state index in [2.05, 4.69) is 5.92 Å². The molecule has 2 heterocycles. The molecule has 2 aliphatic heterocycles. The van der Waals surface area contributed by atoms with Crippen LogP contribution < -0.4 is 0 Å². The first-order valence-corrected chi connectivity index (χ1v) is 10.7. The van der Waals surface area contributed by atoms with Crippen LogP contribution in [0.3, 0.4) is 0 Å². The first kappa shape index (κ1) is 17.6. The van der Waals surface area contributed by atoms with Gasteiger partial charge in [-0.1, -0.05) is 66.6 Å². The van der Waals surface area contributed by atoms with E-state index >= 15 is 0 Å². The number of rotatable bonds is 3. The molecule has 0 spiro atoms. The monoisotopic (exact) mass is 376 g/mol. The van der Waals surface area contributed by atoms with E-state index in [9.17, 15) is 8.42 Å². The number of sulfone groups is 1. The number of terminal acetylenes is 1. The van der Waals surface area contributed by atoms with Crippen LogP contribution in [0.4, 0.5) is 0 Å². The molecule has 0 aromatic heterocycles. The third-order valence-electron chi connectivity index (χ3n) is 4.96. The zero-order chi connectivity index (χ0) is 18.9. The van der Waals surface area contributed by atoms with Crippen molar-refractivity contribution in [2.24, 2.45) is 11.0 Å². The summed E-state index contributed by atoms with van der Waals surface area (Å²) >= 11 is 0. The number of nitrogens with zero attached hydrogens (tertiary/aromatic N) is 2. The summed E-state index contributed by atoms with van der Waals surface area (Å²) in [5.74, 6) is 2.55. The van der Waals surface area contributed by atoms with Gasteiger partial charge < -0.3 is 0 Å². The van der Waals surface area contributed by atoms with Crippen molar-refractivity contribution < 1.29 is 8.42 Å². The summed E-state index contributed by atoms with van der Waals surface area (Å²) in [6, 6.07) is 19.5. The van der Waals surface area contributed by atoms with Gasteiger partial charge in [0.25, 0.3) is 0 Å². The molecule has 0 saturated carbocycles. The van der Waals surface area contributed by atoms with Crippen LogP contribution in [0.15, 0.2) is 71.3 Å². The average molecular weight is 376 g/mol. The molecule has 2 aromatic carbocycles. The third-order valence-corrected chi connectivity index (χ3v) is 6.58. The molecule has 2 atom stereocenters. The lowest BCUT2D eigenvalue weighted by Crippen LogP contribution is -2.37. The van der Waals surface area contributed by atoms with E-state index in [0.29, 0.717) is 6.54 Å². The van der Waals surface area contributed by atoms with Gasteiger partial charge in [-0.2, -0.15) is 5.10 Å². The Morgan fingerprint density at radius 3 is 2.44 bits per heavy atom. The van der Waals surface area contributed by atoms with E-state index in [-0.39, 0.29) is 23.5 Å². The largest absolute Gasteiger partial charge is 0.277 e. The highest BCUT2D eigenvalue weighted by Gasteiger charge is 2.45. The maximum absolute atomic E-state index is 12.7. The van der Waals surface area contributed by atoms with Gasteiger partial charge in [0.05, 0.1) is 29.8 Å². The highest BCUT2D eigenvalue weighted by Crippen LogP contribution is 2.41. The highest BCUT2D eigenvalue weighted by atomic mass is 32.2. The lowest BCUT2D eigenvalue weighted by molar-refractivity contribution is 0.235. The Balaban J connectivity index is 1.80. The number of hydrogen-bond acceptors (Lipinski definition) is 4. The summed E-state index contributed by atoms with van der Waals surface area (Å²) in [5, 5.41) is 6.63. The summed E-state index contributed by atoms with van der Waals surface area (Å²) in [7, 11) is -3.21. The molecule has 5 heteroatoms. The fraction of sp³-hybridized carbons (Fsp3) is 0.227. The minimum absolute atomic E-state index is 0.0165. The number of hydrogen-bond donors (Lipinski definition) is 0. The summed E-state index contributed by atoms with van der Waals surface area (Å²) < 4.78 is 25.4. The Hall–Kier alpha value is -2.84. The number of hydrazone groups is 1. The molecule has 0 aliphatic carbocycles. The lowest BCUT2D eigenvalue weighted by Gasteiger charge is -2.29. The van der Waals surface area contributed by atoms with Crippen LogP contribution in [0.5, 0.6) is 0 Å². The second-order valence-electron chi connectivity index (χ2n) is 6.88. The molecule has 2 aromatic rings. The molecule has 4 rings (SSSR count). The quantitative estimate of drug-likeness (QED) is 0.773. The van der Waals surface area contributed by atoms with Crippen molar-refractivity contribution in [1.29, 1.82) is 0 Å². The van der Waals surface area contributed by atoms with Crippen molar-refractivity contribution in [1.82, 2.24) is 5.01 Å². The van der Waals surface area contributed by atoms with Gasteiger partial charge in [0, 0.05) is 5.92 Å². The molecule has 4 nitrogen and oxygen atoms in total. The number of benzene rings is 2. The van der Waals surface area contributed by atoms with Crippen molar-refractivity contribution in [3.8, 4) is 12.3 Å². The van der Waals surface area contributed by atoms with E-state index in [1.165, 1.54) is 0 Å². The molecule has 2 aliphatic rings. The molecule has 0 radical (unpaired) electrons. The SMILES string of the molecule is C#CCN1N=C2/C(=C/c3ccccc3)CS(=O)(=O)CC2C1c1ccccc1. The summed E-state index contributed by atoms with van der Waals surface area (Å²) in [6.07, 6.45) is 7.49. The van der Waals surface area contributed by atoms with E-state index in [0.717, 1.165) is 22.4 Å². The van der Waals surface area contributed by atoms with Crippen molar-refractivity contribution in [2.75, 3.05) is 18.1 Å². The van der Waals surface area contributed by atoms with Gasteiger partial charge in [0.2, 0.25) is 0 Å². The molecular formula is C22H20N2O2S. The smallest absolute Gasteiger partial charge is 0.155 e. The van der Waals surface area contributed by atoms with Gasteiger partial charge in [0.15, 0.2) is 9.84 Å². The fourth-order valence-electron chi connectivity index (χ4n) is 3.90. The number of fused-ring (bicyclic) bond motifs is 1. The summed E-state index contributed by atoms with van der Waals surface area (Å²) in [5.41, 5.74) is 3.61. The minimum atomic E-state index is -3.21. The highest BCUT2D eigenvalue weighted by molar-refractivity contribution is 7.91. The maximum atomic E-state index is 12.7. The zero-order valence-corrected chi connectivity index (χ0v) is 15.6. The van der Waals surface area contributed by atoms with Crippen molar-refractivity contribution in [3.63, 3.8) is 0 Å². The Bertz CT molecular complexity index is 1030.